The van der Waals surface area contributed by atoms with E-state index in [0.717, 1.165) is 5.69 Å². The fraction of sp³-hybridized carbons (Fsp3) is 0.174. The largest absolute Gasteiger partial charge is 0.453 e. The van der Waals surface area contributed by atoms with Crippen LogP contribution in [0.25, 0.3) is 0 Å². The molecule has 7 heteroatoms. The maximum Gasteiger partial charge on any atom is 0.453 e. The van der Waals surface area contributed by atoms with Crippen LogP contribution in [0.4, 0.5) is 5.69 Å². The van der Waals surface area contributed by atoms with Crippen LogP contribution in [0.2, 0.25) is 0 Å². The first-order valence-electron chi connectivity index (χ1n) is 9.68. The zero-order valence-corrected chi connectivity index (χ0v) is 18.6. The van der Waals surface area contributed by atoms with Crippen molar-refractivity contribution < 1.29 is 13.6 Å². The van der Waals surface area contributed by atoms with Crippen molar-refractivity contribution >= 4 is 30.6 Å². The first-order chi connectivity index (χ1) is 14.5. The highest BCUT2D eigenvalue weighted by Gasteiger charge is 2.42. The summed E-state index contributed by atoms with van der Waals surface area (Å²) in [7, 11) is -3.73. The minimum absolute atomic E-state index is 0.0984. The lowest BCUT2D eigenvalue weighted by molar-refractivity contribution is 0.349. The molecule has 0 aliphatic rings. The van der Waals surface area contributed by atoms with Gasteiger partial charge in [0.1, 0.15) is 11.5 Å². The van der Waals surface area contributed by atoms with Crippen LogP contribution in [-0.4, -0.2) is 10.9 Å². The molecule has 30 heavy (non-hydrogen) atoms. The average Bonchev–Trinajstić information content (AvgIpc) is 2.74. The Labute approximate surface area is 183 Å². The van der Waals surface area contributed by atoms with Gasteiger partial charge in [-0.1, -0.05) is 68.4 Å². The standard InChI is InChI=1S/C23H25N2O3PS/c1-18(2)22(25-23(30)24-19-12-6-3-7-13-19)29(26,27-20-14-8-4-9-15-20)28-21-16-10-5-11-17-21/h3-18,22H,1-2H3,(H2,24,25,30)/t22-/m0/s1. The first kappa shape index (κ1) is 21.9. The van der Waals surface area contributed by atoms with Gasteiger partial charge >= 0.3 is 7.60 Å². The summed E-state index contributed by atoms with van der Waals surface area (Å²) < 4.78 is 26.0. The van der Waals surface area contributed by atoms with Crippen molar-refractivity contribution in [3.63, 3.8) is 0 Å². The Hall–Kier alpha value is -2.82. The second-order valence-corrected chi connectivity index (χ2v) is 9.41. The molecule has 3 aromatic carbocycles. The van der Waals surface area contributed by atoms with E-state index in [-0.39, 0.29) is 5.92 Å². The summed E-state index contributed by atoms with van der Waals surface area (Å²) in [5.41, 5.74) is 0.834. The summed E-state index contributed by atoms with van der Waals surface area (Å²) >= 11 is 5.48. The number of nitrogens with one attached hydrogen (secondary N) is 2. The molecule has 0 spiro atoms. The van der Waals surface area contributed by atoms with Crippen LogP contribution >= 0.6 is 19.8 Å². The van der Waals surface area contributed by atoms with Gasteiger partial charge in [-0.05, 0) is 54.5 Å². The molecule has 0 saturated heterocycles. The monoisotopic (exact) mass is 440 g/mol. The Kier molecular flexibility index (Phi) is 7.50. The van der Waals surface area contributed by atoms with Crippen molar-refractivity contribution in [1.29, 1.82) is 0 Å². The summed E-state index contributed by atoms with van der Waals surface area (Å²) in [6.45, 7) is 3.89. The van der Waals surface area contributed by atoms with Crippen LogP contribution in [0, 0.1) is 5.92 Å². The van der Waals surface area contributed by atoms with E-state index in [2.05, 4.69) is 10.6 Å². The summed E-state index contributed by atoms with van der Waals surface area (Å²) in [6, 6.07) is 27.6. The molecular formula is C23H25N2O3PS. The molecule has 2 N–H and O–H groups in total. The predicted molar refractivity (Wildman–Crippen MR) is 126 cm³/mol. The van der Waals surface area contributed by atoms with Crippen LogP contribution in [0.3, 0.4) is 0 Å². The SMILES string of the molecule is CC(C)[C@@H](NC(=S)Nc1ccccc1)P(=O)(Oc1ccccc1)Oc1ccccc1. The minimum atomic E-state index is -3.73. The zero-order chi connectivity index (χ0) is 21.4. The Morgan fingerprint density at radius 3 is 1.67 bits per heavy atom. The molecule has 0 fully saturated rings. The maximum absolute atomic E-state index is 14.1. The molecule has 156 valence electrons. The van der Waals surface area contributed by atoms with Crippen LogP contribution < -0.4 is 19.7 Å². The number of rotatable bonds is 8. The molecule has 0 aliphatic heterocycles. The van der Waals surface area contributed by atoms with Crippen molar-refractivity contribution in [2.75, 3.05) is 5.32 Å². The Morgan fingerprint density at radius 1 is 0.800 bits per heavy atom. The van der Waals surface area contributed by atoms with E-state index in [1.54, 1.807) is 24.3 Å². The van der Waals surface area contributed by atoms with Gasteiger partial charge in [-0.25, -0.2) is 4.57 Å². The van der Waals surface area contributed by atoms with Crippen LogP contribution in [0.5, 0.6) is 11.5 Å². The highest BCUT2D eigenvalue weighted by atomic mass is 32.1. The molecule has 0 radical (unpaired) electrons. The molecule has 0 saturated carbocycles. The third-order valence-electron chi connectivity index (χ3n) is 4.23. The molecule has 3 aromatic rings. The Bertz CT molecular complexity index is 940. The van der Waals surface area contributed by atoms with E-state index in [0.29, 0.717) is 16.6 Å². The lowest BCUT2D eigenvalue weighted by Gasteiger charge is -2.31. The van der Waals surface area contributed by atoms with E-state index in [9.17, 15) is 4.57 Å². The van der Waals surface area contributed by atoms with E-state index >= 15 is 0 Å². The molecule has 0 aliphatic carbocycles. The van der Waals surface area contributed by atoms with Gasteiger partial charge in [0, 0.05) is 5.69 Å². The topological polar surface area (TPSA) is 59.6 Å². The Balaban J connectivity index is 1.87. The normalized spacial score (nSPS) is 12.1. The lowest BCUT2D eigenvalue weighted by Crippen LogP contribution is -2.42. The summed E-state index contributed by atoms with van der Waals surface area (Å²) in [5.74, 6) is 0.151. The molecule has 0 unspecified atom stereocenters. The molecule has 0 bridgehead atoms. The number of anilines is 1. The van der Waals surface area contributed by atoms with Gasteiger partial charge in [0.25, 0.3) is 0 Å². The highest BCUT2D eigenvalue weighted by Crippen LogP contribution is 2.54. The first-order valence-corrected chi connectivity index (χ1v) is 11.7. The quantitative estimate of drug-likeness (QED) is 0.316. The van der Waals surface area contributed by atoms with Crippen LogP contribution in [0.15, 0.2) is 91.0 Å². The second kappa shape index (κ2) is 10.3. The Morgan fingerprint density at radius 2 is 1.23 bits per heavy atom. The van der Waals surface area contributed by atoms with Crippen molar-refractivity contribution in [3.8, 4) is 11.5 Å². The van der Waals surface area contributed by atoms with Crippen molar-refractivity contribution in [2.24, 2.45) is 5.92 Å². The van der Waals surface area contributed by atoms with Crippen LogP contribution in [0.1, 0.15) is 13.8 Å². The molecule has 1 atom stereocenters. The molecule has 0 heterocycles. The molecule has 5 nitrogen and oxygen atoms in total. The smallest absolute Gasteiger partial charge is 0.415 e. The summed E-state index contributed by atoms with van der Waals surface area (Å²) in [4.78, 5) is 0. The van der Waals surface area contributed by atoms with Gasteiger partial charge in [0.05, 0.1) is 0 Å². The molecule has 0 amide bonds. The molecule has 3 rings (SSSR count). The zero-order valence-electron chi connectivity index (χ0n) is 16.9. The van der Waals surface area contributed by atoms with Gasteiger partial charge in [-0.3, -0.25) is 0 Å². The molecular weight excluding hydrogens is 415 g/mol. The highest BCUT2D eigenvalue weighted by molar-refractivity contribution is 7.80. The van der Waals surface area contributed by atoms with Crippen LogP contribution in [-0.2, 0) is 4.57 Å². The van der Waals surface area contributed by atoms with Gasteiger partial charge in [0.15, 0.2) is 10.9 Å². The third kappa shape index (κ3) is 6.09. The lowest BCUT2D eigenvalue weighted by atomic mass is 10.2. The van der Waals surface area contributed by atoms with Gasteiger partial charge in [0.2, 0.25) is 0 Å². The average molecular weight is 441 g/mol. The van der Waals surface area contributed by atoms with E-state index in [1.165, 1.54) is 0 Å². The van der Waals surface area contributed by atoms with Gasteiger partial charge in [-0.15, -0.1) is 0 Å². The van der Waals surface area contributed by atoms with Crippen molar-refractivity contribution in [3.05, 3.63) is 91.0 Å². The fourth-order valence-corrected chi connectivity index (χ4v) is 5.27. The van der Waals surface area contributed by atoms with E-state index in [1.807, 2.05) is 80.6 Å². The van der Waals surface area contributed by atoms with E-state index in [4.69, 9.17) is 21.3 Å². The summed E-state index contributed by atoms with van der Waals surface area (Å²) in [5, 5.41) is 6.61. The van der Waals surface area contributed by atoms with Crippen molar-refractivity contribution in [2.45, 2.75) is 19.6 Å². The predicted octanol–water partition coefficient (Wildman–Crippen LogP) is 6.31. The minimum Gasteiger partial charge on any atom is -0.415 e. The summed E-state index contributed by atoms with van der Waals surface area (Å²) in [6.07, 6.45) is 0. The number of para-hydroxylation sites is 3. The van der Waals surface area contributed by atoms with Gasteiger partial charge in [-0.2, -0.15) is 0 Å². The second-order valence-electron chi connectivity index (χ2n) is 7.00. The fourth-order valence-electron chi connectivity index (χ4n) is 2.82. The number of thiocarbonyl (C=S) groups is 1. The number of hydrogen-bond acceptors (Lipinski definition) is 4. The van der Waals surface area contributed by atoms with Crippen molar-refractivity contribution in [1.82, 2.24) is 5.32 Å². The van der Waals surface area contributed by atoms with E-state index < -0.39 is 13.4 Å². The van der Waals surface area contributed by atoms with Gasteiger partial charge < -0.3 is 19.7 Å². The molecule has 0 aromatic heterocycles. The third-order valence-corrected chi connectivity index (χ3v) is 6.79. The maximum atomic E-state index is 14.1. The number of hydrogen-bond donors (Lipinski definition) is 2. The number of benzene rings is 3.